The number of thiophene rings is 1. The zero-order chi connectivity index (χ0) is 17.6. The molecule has 0 spiro atoms. The molecular formula is C14H17N7O2S2. The molecule has 1 fully saturated rings. The molecular weight excluding hydrogens is 362 g/mol. The first-order chi connectivity index (χ1) is 12.0. The highest BCUT2D eigenvalue weighted by molar-refractivity contribution is 7.91. The van der Waals surface area contributed by atoms with E-state index in [-0.39, 0.29) is 17.8 Å². The average molecular weight is 379 g/mol. The highest BCUT2D eigenvalue weighted by Crippen LogP contribution is 2.30. The maximum atomic E-state index is 12.6. The van der Waals surface area contributed by atoms with Crippen LogP contribution in [-0.4, -0.2) is 45.3 Å². The number of piperidine rings is 1. The fourth-order valence-electron chi connectivity index (χ4n) is 3.12. The Morgan fingerprint density at radius 3 is 2.64 bits per heavy atom. The van der Waals surface area contributed by atoms with Crippen molar-refractivity contribution in [2.75, 3.05) is 24.6 Å². The minimum atomic E-state index is -3.41. The Hall–Kier alpha value is -2.24. The Kier molecular flexibility index (Phi) is 3.85. The van der Waals surface area contributed by atoms with Crippen LogP contribution in [0.4, 0.5) is 11.8 Å². The van der Waals surface area contributed by atoms with Gasteiger partial charge in [-0.2, -0.15) is 14.3 Å². The summed E-state index contributed by atoms with van der Waals surface area (Å²) in [5, 5.41) is 1.77. The number of sulfonamides is 1. The number of hydrogen-bond acceptors (Lipinski definition) is 8. The minimum Gasteiger partial charge on any atom is -0.382 e. The summed E-state index contributed by atoms with van der Waals surface area (Å²) in [5.74, 6) is 0.350. The first kappa shape index (κ1) is 16.2. The van der Waals surface area contributed by atoms with Crippen LogP contribution in [-0.2, 0) is 10.0 Å². The normalized spacial score (nSPS) is 17.3. The second-order valence-corrected chi connectivity index (χ2v) is 8.97. The molecule has 4 rings (SSSR count). The van der Waals surface area contributed by atoms with Crippen molar-refractivity contribution < 1.29 is 8.42 Å². The lowest BCUT2D eigenvalue weighted by Crippen LogP contribution is -2.38. The molecule has 25 heavy (non-hydrogen) atoms. The summed E-state index contributed by atoms with van der Waals surface area (Å²) < 4.78 is 29.0. The highest BCUT2D eigenvalue weighted by Gasteiger charge is 2.31. The van der Waals surface area contributed by atoms with E-state index in [2.05, 4.69) is 15.0 Å². The number of nitrogens with two attached hydrogens (primary N) is 2. The van der Waals surface area contributed by atoms with Crippen molar-refractivity contribution in [3.8, 4) is 0 Å². The van der Waals surface area contributed by atoms with Crippen molar-refractivity contribution in [2.24, 2.45) is 0 Å². The van der Waals surface area contributed by atoms with E-state index in [0.29, 0.717) is 41.3 Å². The van der Waals surface area contributed by atoms with Gasteiger partial charge in [-0.1, -0.05) is 6.07 Å². The quantitative estimate of drug-likeness (QED) is 0.695. The SMILES string of the molecule is Nc1nc(N)c2ncn(C3CCN(S(=O)(=O)c4cccs4)CC3)c2n1. The van der Waals surface area contributed by atoms with Crippen LogP contribution in [0.5, 0.6) is 0 Å². The van der Waals surface area contributed by atoms with Crippen molar-refractivity contribution in [1.29, 1.82) is 0 Å². The van der Waals surface area contributed by atoms with Gasteiger partial charge in [0.1, 0.15) is 9.73 Å². The highest BCUT2D eigenvalue weighted by atomic mass is 32.2. The summed E-state index contributed by atoms with van der Waals surface area (Å²) in [4.78, 5) is 12.4. The van der Waals surface area contributed by atoms with Gasteiger partial charge in [0, 0.05) is 19.1 Å². The lowest BCUT2D eigenvalue weighted by atomic mass is 10.1. The number of hydrogen-bond donors (Lipinski definition) is 2. The van der Waals surface area contributed by atoms with E-state index in [1.807, 2.05) is 4.57 Å². The molecule has 0 amide bonds. The van der Waals surface area contributed by atoms with Crippen LogP contribution >= 0.6 is 11.3 Å². The van der Waals surface area contributed by atoms with Gasteiger partial charge in [0.25, 0.3) is 10.0 Å². The van der Waals surface area contributed by atoms with Gasteiger partial charge in [-0.05, 0) is 24.3 Å². The van der Waals surface area contributed by atoms with Gasteiger partial charge >= 0.3 is 0 Å². The molecule has 3 aromatic rings. The molecule has 1 aliphatic heterocycles. The van der Waals surface area contributed by atoms with Gasteiger partial charge in [-0.3, -0.25) is 0 Å². The first-order valence-electron chi connectivity index (χ1n) is 7.76. The number of aromatic nitrogens is 4. The molecule has 1 aliphatic rings. The lowest BCUT2D eigenvalue weighted by Gasteiger charge is -2.31. The molecule has 0 saturated carbocycles. The fourth-order valence-corrected chi connectivity index (χ4v) is 5.74. The number of imidazole rings is 1. The Balaban J connectivity index is 1.57. The molecule has 132 valence electrons. The molecule has 9 nitrogen and oxygen atoms in total. The summed E-state index contributed by atoms with van der Waals surface area (Å²) in [6.45, 7) is 0.890. The van der Waals surface area contributed by atoms with E-state index in [1.165, 1.54) is 15.6 Å². The van der Waals surface area contributed by atoms with Crippen LogP contribution in [0.25, 0.3) is 11.2 Å². The zero-order valence-corrected chi connectivity index (χ0v) is 14.9. The van der Waals surface area contributed by atoms with Gasteiger partial charge in [0.2, 0.25) is 5.95 Å². The summed E-state index contributed by atoms with van der Waals surface area (Å²) in [6, 6.07) is 3.47. The van der Waals surface area contributed by atoms with E-state index in [0.717, 1.165) is 0 Å². The first-order valence-corrected chi connectivity index (χ1v) is 10.1. The number of nitrogen functional groups attached to an aromatic ring is 2. The predicted molar refractivity (Wildman–Crippen MR) is 95.5 cm³/mol. The zero-order valence-electron chi connectivity index (χ0n) is 13.2. The summed E-state index contributed by atoms with van der Waals surface area (Å²) >= 11 is 1.24. The molecule has 4 heterocycles. The standard InChI is InChI=1S/C14H17N7O2S2/c15-12-11-13(19-14(16)18-12)21(8-17-11)9-3-5-20(6-4-9)25(22,23)10-2-1-7-24-10/h1-2,7-9H,3-6H2,(H4,15,16,18,19). The fraction of sp³-hybridized carbons (Fsp3) is 0.357. The lowest BCUT2D eigenvalue weighted by molar-refractivity contribution is 0.277. The van der Waals surface area contributed by atoms with Gasteiger partial charge in [0.15, 0.2) is 11.5 Å². The van der Waals surface area contributed by atoms with E-state index in [9.17, 15) is 8.42 Å². The third-order valence-electron chi connectivity index (χ3n) is 4.37. The van der Waals surface area contributed by atoms with Gasteiger partial charge in [-0.25, -0.2) is 13.4 Å². The molecule has 1 saturated heterocycles. The molecule has 0 unspecified atom stereocenters. The molecule has 11 heteroatoms. The van der Waals surface area contributed by atoms with Gasteiger partial charge in [-0.15, -0.1) is 11.3 Å². The van der Waals surface area contributed by atoms with Crippen LogP contribution in [0.2, 0.25) is 0 Å². The van der Waals surface area contributed by atoms with Crippen LogP contribution in [0.15, 0.2) is 28.0 Å². The Morgan fingerprint density at radius 1 is 1.20 bits per heavy atom. The van der Waals surface area contributed by atoms with Crippen molar-refractivity contribution in [3.05, 3.63) is 23.8 Å². The van der Waals surface area contributed by atoms with Crippen LogP contribution < -0.4 is 11.5 Å². The monoisotopic (exact) mass is 379 g/mol. The van der Waals surface area contributed by atoms with Crippen molar-refractivity contribution in [1.82, 2.24) is 23.8 Å². The Labute approximate surface area is 148 Å². The molecule has 4 N–H and O–H groups in total. The predicted octanol–water partition coefficient (Wildman–Crippen LogP) is 1.08. The molecule has 0 aromatic carbocycles. The summed E-state index contributed by atoms with van der Waals surface area (Å²) in [5.41, 5.74) is 12.6. The number of fused-ring (bicyclic) bond motifs is 1. The van der Waals surface area contributed by atoms with E-state index in [4.69, 9.17) is 11.5 Å². The van der Waals surface area contributed by atoms with Gasteiger partial charge in [0.05, 0.1) is 6.33 Å². The maximum absolute atomic E-state index is 12.6. The topological polar surface area (TPSA) is 133 Å². The van der Waals surface area contributed by atoms with Crippen LogP contribution in [0.3, 0.4) is 0 Å². The average Bonchev–Trinajstić information content (AvgIpc) is 3.25. The van der Waals surface area contributed by atoms with E-state index < -0.39 is 10.0 Å². The molecule has 0 aliphatic carbocycles. The van der Waals surface area contributed by atoms with Crippen LogP contribution in [0.1, 0.15) is 18.9 Å². The van der Waals surface area contributed by atoms with E-state index >= 15 is 0 Å². The number of nitrogens with zero attached hydrogens (tertiary/aromatic N) is 5. The maximum Gasteiger partial charge on any atom is 0.252 e. The minimum absolute atomic E-state index is 0.0912. The number of anilines is 2. The van der Waals surface area contributed by atoms with Crippen molar-refractivity contribution in [3.63, 3.8) is 0 Å². The van der Waals surface area contributed by atoms with Gasteiger partial charge < -0.3 is 16.0 Å². The molecule has 0 bridgehead atoms. The van der Waals surface area contributed by atoms with Crippen LogP contribution in [0, 0.1) is 0 Å². The molecule has 0 radical (unpaired) electrons. The summed E-state index contributed by atoms with van der Waals surface area (Å²) in [6.07, 6.45) is 3.00. The van der Waals surface area contributed by atoms with Crippen molar-refractivity contribution in [2.45, 2.75) is 23.1 Å². The van der Waals surface area contributed by atoms with Crippen molar-refractivity contribution >= 4 is 44.3 Å². The third-order valence-corrected chi connectivity index (χ3v) is 7.64. The molecule has 3 aromatic heterocycles. The number of rotatable bonds is 3. The Bertz CT molecular complexity index is 1010. The summed E-state index contributed by atoms with van der Waals surface area (Å²) in [7, 11) is -3.41. The Morgan fingerprint density at radius 2 is 1.96 bits per heavy atom. The van der Waals surface area contributed by atoms with E-state index in [1.54, 1.807) is 23.8 Å². The smallest absolute Gasteiger partial charge is 0.252 e. The molecule has 0 atom stereocenters. The second-order valence-electron chi connectivity index (χ2n) is 5.86. The third kappa shape index (κ3) is 2.73. The second kappa shape index (κ2) is 5.93. The largest absolute Gasteiger partial charge is 0.382 e.